The second kappa shape index (κ2) is 5.68. The lowest BCUT2D eigenvalue weighted by molar-refractivity contribution is 0.328. The first-order valence-corrected chi connectivity index (χ1v) is 8.29. The molecule has 1 saturated carbocycles. The van der Waals surface area contributed by atoms with Crippen molar-refractivity contribution in [2.24, 2.45) is 5.92 Å². The molecule has 0 amide bonds. The highest BCUT2D eigenvalue weighted by molar-refractivity contribution is 7.16. The van der Waals surface area contributed by atoms with Crippen molar-refractivity contribution in [3.8, 4) is 0 Å². The van der Waals surface area contributed by atoms with Crippen molar-refractivity contribution in [3.05, 3.63) is 22.7 Å². The van der Waals surface area contributed by atoms with Crippen molar-refractivity contribution >= 4 is 38.8 Å². The van der Waals surface area contributed by atoms with E-state index in [0.29, 0.717) is 6.04 Å². The fourth-order valence-corrected chi connectivity index (χ4v) is 3.92. The van der Waals surface area contributed by atoms with Crippen LogP contribution in [0.1, 0.15) is 39.0 Å². The molecule has 0 bridgehead atoms. The van der Waals surface area contributed by atoms with Gasteiger partial charge in [0.2, 0.25) is 0 Å². The minimum Gasteiger partial charge on any atom is -0.379 e. The lowest BCUT2D eigenvalue weighted by atomic mass is 9.84. The fraction of sp³-hybridized carbons (Fsp3) is 0.533. The monoisotopic (exact) mass is 294 g/mol. The van der Waals surface area contributed by atoms with Crippen LogP contribution < -0.4 is 5.32 Å². The molecule has 4 heteroatoms. The average Bonchev–Trinajstić information content (AvgIpc) is 2.91. The van der Waals surface area contributed by atoms with E-state index >= 15 is 0 Å². The summed E-state index contributed by atoms with van der Waals surface area (Å²) in [4.78, 5) is 4.45. The van der Waals surface area contributed by atoms with Crippen LogP contribution in [0.5, 0.6) is 0 Å². The molecule has 2 nitrogen and oxygen atoms in total. The molecular formula is C15H19ClN2S. The minimum atomic E-state index is 0.463. The lowest BCUT2D eigenvalue weighted by Gasteiger charge is -2.29. The Hall–Kier alpha value is -0.800. The zero-order valence-corrected chi connectivity index (χ0v) is 12.7. The Balaban J connectivity index is 1.83. The molecule has 0 saturated heterocycles. The Morgan fingerprint density at radius 3 is 2.89 bits per heavy atom. The van der Waals surface area contributed by atoms with Crippen LogP contribution in [-0.2, 0) is 0 Å². The number of anilines is 1. The third kappa shape index (κ3) is 2.72. The first kappa shape index (κ1) is 13.2. The van der Waals surface area contributed by atoms with Gasteiger partial charge < -0.3 is 5.32 Å². The summed E-state index contributed by atoms with van der Waals surface area (Å²) in [7, 11) is 0. The summed E-state index contributed by atoms with van der Waals surface area (Å²) in [6.07, 6.45) is 6.79. The quantitative estimate of drug-likeness (QED) is 0.827. The van der Waals surface area contributed by atoms with Crippen LogP contribution in [-0.4, -0.2) is 11.0 Å². The third-order valence-corrected chi connectivity index (χ3v) is 5.29. The fourth-order valence-electron chi connectivity index (χ4n) is 3.02. The van der Waals surface area contributed by atoms with Gasteiger partial charge in [-0.2, -0.15) is 0 Å². The summed E-state index contributed by atoms with van der Waals surface area (Å²) in [6, 6.07) is 4.48. The largest absolute Gasteiger partial charge is 0.379 e. The number of nitrogens with one attached hydrogen (secondary N) is 1. The normalized spacial score (nSPS) is 18.6. The molecule has 1 aliphatic carbocycles. The molecule has 0 radical (unpaired) electrons. The van der Waals surface area contributed by atoms with Crippen molar-refractivity contribution in [1.29, 1.82) is 0 Å². The molecule has 1 unspecified atom stereocenters. The molecule has 1 N–H and O–H groups in total. The van der Waals surface area contributed by atoms with Gasteiger partial charge in [0.1, 0.15) is 5.52 Å². The zero-order valence-electron chi connectivity index (χ0n) is 11.2. The second-order valence-electron chi connectivity index (χ2n) is 5.45. The van der Waals surface area contributed by atoms with Crippen LogP contribution in [0.3, 0.4) is 0 Å². The SMILES string of the molecule is CC(Nc1c(Cl)ccc2scnc12)C1CCCCC1. The van der Waals surface area contributed by atoms with E-state index in [1.807, 2.05) is 17.6 Å². The van der Waals surface area contributed by atoms with E-state index in [1.165, 1.54) is 36.8 Å². The topological polar surface area (TPSA) is 24.9 Å². The van der Waals surface area contributed by atoms with Gasteiger partial charge in [-0.1, -0.05) is 30.9 Å². The Kier molecular flexibility index (Phi) is 3.94. The summed E-state index contributed by atoms with van der Waals surface area (Å²) in [5.41, 5.74) is 3.91. The van der Waals surface area contributed by atoms with Crippen LogP contribution >= 0.6 is 22.9 Å². The first-order chi connectivity index (χ1) is 9.25. The number of aromatic nitrogens is 1. The Labute approximate surface area is 123 Å². The first-order valence-electron chi connectivity index (χ1n) is 7.04. The van der Waals surface area contributed by atoms with E-state index in [9.17, 15) is 0 Å². The maximum absolute atomic E-state index is 6.35. The molecule has 1 aliphatic rings. The van der Waals surface area contributed by atoms with E-state index in [4.69, 9.17) is 11.6 Å². The van der Waals surface area contributed by atoms with E-state index in [1.54, 1.807) is 11.3 Å². The standard InChI is InChI=1S/C15H19ClN2S/c1-10(11-5-3-2-4-6-11)18-14-12(16)7-8-13-15(14)17-9-19-13/h7-11,18H,2-6H2,1H3. The van der Waals surface area contributed by atoms with E-state index < -0.39 is 0 Å². The van der Waals surface area contributed by atoms with Crippen molar-refractivity contribution < 1.29 is 0 Å². The van der Waals surface area contributed by atoms with Gasteiger partial charge in [0.05, 0.1) is 20.9 Å². The molecular weight excluding hydrogens is 276 g/mol. The molecule has 2 aromatic rings. The van der Waals surface area contributed by atoms with Gasteiger partial charge in [0, 0.05) is 6.04 Å². The maximum Gasteiger partial charge on any atom is 0.106 e. The summed E-state index contributed by atoms with van der Waals surface area (Å²) >= 11 is 8.01. The van der Waals surface area contributed by atoms with Crippen molar-refractivity contribution in [1.82, 2.24) is 4.98 Å². The van der Waals surface area contributed by atoms with Crippen molar-refractivity contribution in [3.63, 3.8) is 0 Å². The Bertz CT molecular complexity index is 560. The molecule has 1 fully saturated rings. The van der Waals surface area contributed by atoms with Crippen LogP contribution in [0, 0.1) is 5.92 Å². The maximum atomic E-state index is 6.35. The zero-order chi connectivity index (χ0) is 13.2. The molecule has 1 atom stereocenters. The number of hydrogen-bond donors (Lipinski definition) is 1. The molecule has 1 aromatic heterocycles. The third-order valence-electron chi connectivity index (χ3n) is 4.18. The number of halogens is 1. The molecule has 1 heterocycles. The van der Waals surface area contributed by atoms with E-state index in [0.717, 1.165) is 22.1 Å². The van der Waals surface area contributed by atoms with Crippen LogP contribution in [0.2, 0.25) is 5.02 Å². The smallest absolute Gasteiger partial charge is 0.106 e. The summed E-state index contributed by atoms with van der Waals surface area (Å²) in [6.45, 7) is 2.28. The van der Waals surface area contributed by atoms with Gasteiger partial charge in [-0.25, -0.2) is 4.98 Å². The highest BCUT2D eigenvalue weighted by Crippen LogP contribution is 2.35. The van der Waals surface area contributed by atoms with E-state index in [-0.39, 0.29) is 0 Å². The Morgan fingerprint density at radius 2 is 2.11 bits per heavy atom. The number of hydrogen-bond acceptors (Lipinski definition) is 3. The van der Waals surface area contributed by atoms with Crippen molar-refractivity contribution in [2.75, 3.05) is 5.32 Å². The summed E-state index contributed by atoms with van der Waals surface area (Å²) < 4.78 is 1.20. The molecule has 0 spiro atoms. The summed E-state index contributed by atoms with van der Waals surface area (Å²) in [5.74, 6) is 0.763. The molecule has 3 rings (SSSR count). The Morgan fingerprint density at radius 1 is 1.32 bits per heavy atom. The number of nitrogens with zero attached hydrogens (tertiary/aromatic N) is 1. The van der Waals surface area contributed by atoms with Gasteiger partial charge in [0.15, 0.2) is 0 Å². The average molecular weight is 295 g/mol. The molecule has 0 aliphatic heterocycles. The van der Waals surface area contributed by atoms with Crippen LogP contribution in [0.4, 0.5) is 5.69 Å². The van der Waals surface area contributed by atoms with Crippen LogP contribution in [0.15, 0.2) is 17.6 Å². The van der Waals surface area contributed by atoms with E-state index in [2.05, 4.69) is 17.2 Å². The highest BCUT2D eigenvalue weighted by Gasteiger charge is 2.21. The molecule has 19 heavy (non-hydrogen) atoms. The lowest BCUT2D eigenvalue weighted by Crippen LogP contribution is -2.27. The molecule has 1 aromatic carbocycles. The second-order valence-corrected chi connectivity index (χ2v) is 6.75. The van der Waals surface area contributed by atoms with Gasteiger partial charge >= 0.3 is 0 Å². The van der Waals surface area contributed by atoms with Gasteiger partial charge in [-0.3, -0.25) is 0 Å². The van der Waals surface area contributed by atoms with Crippen molar-refractivity contribution in [2.45, 2.75) is 45.1 Å². The predicted octanol–water partition coefficient (Wildman–Crippen LogP) is 5.33. The minimum absolute atomic E-state index is 0.463. The molecule has 102 valence electrons. The summed E-state index contributed by atoms with van der Waals surface area (Å²) in [5, 5.41) is 4.40. The predicted molar refractivity (Wildman–Crippen MR) is 84.3 cm³/mol. The van der Waals surface area contributed by atoms with Gasteiger partial charge in [0.25, 0.3) is 0 Å². The number of benzene rings is 1. The number of rotatable bonds is 3. The highest BCUT2D eigenvalue weighted by atomic mass is 35.5. The van der Waals surface area contributed by atoms with Gasteiger partial charge in [-0.15, -0.1) is 11.3 Å². The number of thiazole rings is 1. The van der Waals surface area contributed by atoms with Gasteiger partial charge in [-0.05, 0) is 37.8 Å². The number of fused-ring (bicyclic) bond motifs is 1. The van der Waals surface area contributed by atoms with Crippen LogP contribution in [0.25, 0.3) is 10.2 Å².